The molecule has 2 bridgehead atoms. The van der Waals surface area contributed by atoms with Crippen molar-refractivity contribution in [3.05, 3.63) is 62.6 Å². The quantitative estimate of drug-likeness (QED) is 0.481. The third kappa shape index (κ3) is 4.16. The Kier molecular flexibility index (Phi) is 6.42. The molecule has 0 amide bonds. The molecule has 2 aromatic rings. The number of rotatable bonds is 4. The summed E-state index contributed by atoms with van der Waals surface area (Å²) in [5, 5.41) is 0. The van der Waals surface area contributed by atoms with E-state index in [9.17, 15) is 26.7 Å². The van der Waals surface area contributed by atoms with Crippen LogP contribution in [0.5, 0.6) is 5.75 Å². The first-order valence-corrected chi connectivity index (χ1v) is 12.5. The van der Waals surface area contributed by atoms with E-state index in [0.717, 1.165) is 32.9 Å². The van der Waals surface area contributed by atoms with Gasteiger partial charge in [-0.1, -0.05) is 13.0 Å². The van der Waals surface area contributed by atoms with Crippen LogP contribution in [0, 0.1) is 24.5 Å². The molecule has 3 aliphatic rings. The summed E-state index contributed by atoms with van der Waals surface area (Å²) in [4.78, 5) is 16.5. The highest BCUT2D eigenvalue weighted by molar-refractivity contribution is 5.43. The summed E-state index contributed by atoms with van der Waals surface area (Å²) < 4.78 is 89.1. The summed E-state index contributed by atoms with van der Waals surface area (Å²) in [5.74, 6) is -5.48. The SMILES string of the molecule is COc1c([C@H]2[C@H](c3[nH]c(C)cc(=O)c3C3CC4CCC(C3)O4)O[C@@](C)(C(F)(F)F)[C@H]2C)ccc(F)c1F. The number of aromatic amines is 1. The van der Waals surface area contributed by atoms with Gasteiger partial charge in [-0.05, 0) is 51.5 Å². The van der Waals surface area contributed by atoms with Crippen LogP contribution in [0.15, 0.2) is 23.0 Å². The predicted octanol–water partition coefficient (Wildman–Crippen LogP) is 6.21. The molecule has 5 nitrogen and oxygen atoms in total. The van der Waals surface area contributed by atoms with Gasteiger partial charge in [0.25, 0.3) is 0 Å². The number of pyridine rings is 1. The summed E-state index contributed by atoms with van der Waals surface area (Å²) >= 11 is 0. The Morgan fingerprint density at radius 3 is 2.38 bits per heavy atom. The highest BCUT2D eigenvalue weighted by atomic mass is 19.4. The number of methoxy groups -OCH3 is 1. The maximum absolute atomic E-state index is 14.8. The predicted molar refractivity (Wildman–Crippen MR) is 125 cm³/mol. The van der Waals surface area contributed by atoms with Crippen molar-refractivity contribution in [2.24, 2.45) is 5.92 Å². The van der Waals surface area contributed by atoms with Crippen LogP contribution in [0.4, 0.5) is 22.0 Å². The number of H-pyrrole nitrogens is 1. The summed E-state index contributed by atoms with van der Waals surface area (Å²) in [6.45, 7) is 3.98. The molecule has 6 atom stereocenters. The number of aromatic nitrogens is 1. The van der Waals surface area contributed by atoms with E-state index in [0.29, 0.717) is 24.1 Å². The molecule has 3 fully saturated rings. The fraction of sp³-hybridized carbons (Fsp3) is 0.593. The Hall–Kier alpha value is -2.46. The number of benzene rings is 1. The standard InChI is InChI=1S/C27H30F5NO4/c1-12-9-19(34)21(14-10-15-5-6-16(11-14)36-15)23(33-12)25-20(13(2)26(3,37-25)27(30,31)32)17-7-8-18(28)22(29)24(17)35-4/h7-9,13-16,20,25H,5-6,10-11H2,1-4H3,(H,33,34)/t13-,14?,15?,16?,20-,25+,26+/m0/s1. The molecule has 1 N–H and O–H groups in total. The van der Waals surface area contributed by atoms with E-state index in [1.165, 1.54) is 19.1 Å². The van der Waals surface area contributed by atoms with Gasteiger partial charge in [0.15, 0.2) is 22.6 Å². The lowest BCUT2D eigenvalue weighted by Crippen LogP contribution is -2.46. The lowest BCUT2D eigenvalue weighted by molar-refractivity contribution is -0.275. The Labute approximate surface area is 211 Å². The number of hydrogen-bond acceptors (Lipinski definition) is 4. The molecule has 3 saturated heterocycles. The lowest BCUT2D eigenvalue weighted by atomic mass is 9.75. The maximum Gasteiger partial charge on any atom is 0.417 e. The summed E-state index contributed by atoms with van der Waals surface area (Å²) in [6.07, 6.45) is -3.18. The Morgan fingerprint density at radius 2 is 1.78 bits per heavy atom. The highest BCUT2D eigenvalue weighted by Gasteiger charge is 2.65. The van der Waals surface area contributed by atoms with Gasteiger partial charge in [-0.25, -0.2) is 4.39 Å². The van der Waals surface area contributed by atoms with Gasteiger partial charge >= 0.3 is 6.18 Å². The monoisotopic (exact) mass is 527 g/mol. The summed E-state index contributed by atoms with van der Waals surface area (Å²) in [5.41, 5.74) is -1.77. The average molecular weight is 528 g/mol. The van der Waals surface area contributed by atoms with Gasteiger partial charge in [0, 0.05) is 34.7 Å². The third-order valence-corrected chi connectivity index (χ3v) is 8.53. The van der Waals surface area contributed by atoms with Gasteiger partial charge in [-0.15, -0.1) is 0 Å². The smallest absolute Gasteiger partial charge is 0.417 e. The number of ether oxygens (including phenoxy) is 3. The maximum atomic E-state index is 14.8. The Morgan fingerprint density at radius 1 is 1.14 bits per heavy atom. The summed E-state index contributed by atoms with van der Waals surface area (Å²) in [6, 6.07) is 3.54. The minimum atomic E-state index is -4.77. The first-order valence-electron chi connectivity index (χ1n) is 12.5. The van der Waals surface area contributed by atoms with E-state index >= 15 is 0 Å². The molecule has 0 aliphatic carbocycles. The molecule has 2 unspecified atom stereocenters. The van der Waals surface area contributed by atoms with Crippen molar-refractivity contribution in [2.75, 3.05) is 7.11 Å². The van der Waals surface area contributed by atoms with E-state index < -0.39 is 47.1 Å². The van der Waals surface area contributed by atoms with E-state index in [1.54, 1.807) is 6.92 Å². The van der Waals surface area contributed by atoms with Crippen LogP contribution in [0.2, 0.25) is 0 Å². The largest absolute Gasteiger partial charge is 0.493 e. The molecule has 0 spiro atoms. The Bertz CT molecular complexity index is 1250. The molecule has 1 aromatic carbocycles. The molecule has 5 rings (SSSR count). The van der Waals surface area contributed by atoms with E-state index in [1.807, 2.05) is 0 Å². The molecule has 0 saturated carbocycles. The van der Waals surface area contributed by atoms with Crippen molar-refractivity contribution in [2.45, 2.75) is 88.4 Å². The third-order valence-electron chi connectivity index (χ3n) is 8.53. The lowest BCUT2D eigenvalue weighted by Gasteiger charge is -2.32. The van der Waals surface area contributed by atoms with Crippen molar-refractivity contribution >= 4 is 0 Å². The zero-order valence-electron chi connectivity index (χ0n) is 21.0. The second-order valence-corrected chi connectivity index (χ2v) is 10.7. The van der Waals surface area contributed by atoms with Gasteiger partial charge in [0.2, 0.25) is 5.82 Å². The van der Waals surface area contributed by atoms with Crippen LogP contribution < -0.4 is 10.2 Å². The zero-order valence-corrected chi connectivity index (χ0v) is 21.0. The van der Waals surface area contributed by atoms with Crippen LogP contribution in [0.1, 0.15) is 80.0 Å². The van der Waals surface area contributed by atoms with Crippen molar-refractivity contribution < 1.29 is 36.2 Å². The van der Waals surface area contributed by atoms with Crippen molar-refractivity contribution in [1.29, 1.82) is 0 Å². The van der Waals surface area contributed by atoms with E-state index in [4.69, 9.17) is 14.2 Å². The van der Waals surface area contributed by atoms with Crippen LogP contribution in [-0.2, 0) is 9.47 Å². The topological polar surface area (TPSA) is 60.6 Å². The molecular weight excluding hydrogens is 497 g/mol. The van der Waals surface area contributed by atoms with Gasteiger partial charge in [0.1, 0.15) is 6.10 Å². The molecule has 3 aliphatic heterocycles. The van der Waals surface area contributed by atoms with Crippen molar-refractivity contribution in [3.8, 4) is 5.75 Å². The molecule has 37 heavy (non-hydrogen) atoms. The first-order chi connectivity index (χ1) is 17.4. The van der Waals surface area contributed by atoms with E-state index in [-0.39, 0.29) is 34.8 Å². The highest BCUT2D eigenvalue weighted by Crippen LogP contribution is 2.60. The Balaban J connectivity index is 1.71. The van der Waals surface area contributed by atoms with Crippen molar-refractivity contribution in [3.63, 3.8) is 0 Å². The second-order valence-electron chi connectivity index (χ2n) is 10.7. The number of alkyl halides is 3. The fourth-order valence-corrected chi connectivity index (χ4v) is 6.52. The number of aryl methyl sites for hydroxylation is 1. The van der Waals surface area contributed by atoms with Crippen LogP contribution in [-0.4, -0.2) is 36.1 Å². The second kappa shape index (κ2) is 9.08. The number of halogens is 5. The molecule has 4 heterocycles. The van der Waals surface area contributed by atoms with Crippen LogP contribution in [0.3, 0.4) is 0 Å². The van der Waals surface area contributed by atoms with Gasteiger partial charge in [-0.2, -0.15) is 17.6 Å². The average Bonchev–Trinajstić information content (AvgIpc) is 3.30. The fourth-order valence-electron chi connectivity index (χ4n) is 6.52. The van der Waals surface area contributed by atoms with Crippen LogP contribution in [0.25, 0.3) is 0 Å². The van der Waals surface area contributed by atoms with E-state index in [2.05, 4.69) is 4.98 Å². The normalized spacial score (nSPS) is 33.6. The van der Waals surface area contributed by atoms with Gasteiger partial charge < -0.3 is 19.2 Å². The number of hydrogen-bond donors (Lipinski definition) is 1. The molecule has 0 radical (unpaired) electrons. The molecular formula is C27H30F5NO4. The minimum absolute atomic E-state index is 0.0109. The minimum Gasteiger partial charge on any atom is -0.493 e. The molecule has 1 aromatic heterocycles. The van der Waals surface area contributed by atoms with Crippen molar-refractivity contribution in [1.82, 2.24) is 4.98 Å². The zero-order chi connectivity index (χ0) is 26.9. The van der Waals surface area contributed by atoms with Gasteiger partial charge in [0.05, 0.1) is 25.0 Å². The summed E-state index contributed by atoms with van der Waals surface area (Å²) in [7, 11) is 1.14. The molecule has 202 valence electrons. The number of fused-ring (bicyclic) bond motifs is 2. The van der Waals surface area contributed by atoms with Gasteiger partial charge in [-0.3, -0.25) is 4.79 Å². The first kappa shape index (κ1) is 26.2. The van der Waals surface area contributed by atoms with Crippen LogP contribution >= 0.6 is 0 Å². The number of nitrogens with one attached hydrogen (secondary N) is 1. The molecule has 10 heteroatoms.